The molecule has 0 saturated carbocycles. The summed E-state index contributed by atoms with van der Waals surface area (Å²) in [5.41, 5.74) is 1.19. The number of aliphatic hydroxyl groups excluding tert-OH is 1. The van der Waals surface area contributed by atoms with Crippen molar-refractivity contribution in [2.24, 2.45) is 11.8 Å². The largest absolute Gasteiger partial charge is 0.396 e. The van der Waals surface area contributed by atoms with Crippen LogP contribution in [0.3, 0.4) is 0 Å². The summed E-state index contributed by atoms with van der Waals surface area (Å²) in [7, 11) is 3.84. The first-order valence-corrected chi connectivity index (χ1v) is 7.18. The van der Waals surface area contributed by atoms with E-state index in [-0.39, 0.29) is 6.61 Å². The number of hydrogen-bond acceptors (Lipinski definition) is 5. The van der Waals surface area contributed by atoms with Crippen molar-refractivity contribution in [1.29, 1.82) is 0 Å². The SMILES string of the molecule is COCCN(C)CC1CN(c2ccncc2)CC1CO. The molecule has 0 aromatic carbocycles. The van der Waals surface area contributed by atoms with Crippen LogP contribution >= 0.6 is 0 Å². The highest BCUT2D eigenvalue weighted by molar-refractivity contribution is 5.45. The van der Waals surface area contributed by atoms with E-state index >= 15 is 0 Å². The van der Waals surface area contributed by atoms with E-state index in [9.17, 15) is 5.11 Å². The number of methoxy groups -OCH3 is 1. The average molecular weight is 279 g/mol. The normalized spacial score (nSPS) is 22.7. The Labute approximate surface area is 121 Å². The topological polar surface area (TPSA) is 48.8 Å². The van der Waals surface area contributed by atoms with E-state index in [1.807, 2.05) is 24.5 Å². The van der Waals surface area contributed by atoms with Gasteiger partial charge in [0.05, 0.1) is 6.61 Å². The summed E-state index contributed by atoms with van der Waals surface area (Å²) in [6.07, 6.45) is 3.64. The second-order valence-corrected chi connectivity index (χ2v) is 5.57. The summed E-state index contributed by atoms with van der Waals surface area (Å²) < 4.78 is 5.11. The van der Waals surface area contributed by atoms with Gasteiger partial charge in [0.25, 0.3) is 0 Å². The summed E-state index contributed by atoms with van der Waals surface area (Å²) in [6, 6.07) is 4.07. The van der Waals surface area contributed by atoms with Gasteiger partial charge in [-0.3, -0.25) is 4.98 Å². The maximum absolute atomic E-state index is 9.61. The van der Waals surface area contributed by atoms with E-state index in [2.05, 4.69) is 21.8 Å². The van der Waals surface area contributed by atoms with Gasteiger partial charge < -0.3 is 19.6 Å². The molecule has 2 heterocycles. The van der Waals surface area contributed by atoms with Crippen LogP contribution in [0.25, 0.3) is 0 Å². The fourth-order valence-electron chi connectivity index (χ4n) is 2.86. The molecule has 112 valence electrons. The zero-order valence-electron chi connectivity index (χ0n) is 12.4. The number of ether oxygens (including phenoxy) is 1. The highest BCUT2D eigenvalue weighted by Crippen LogP contribution is 2.28. The number of likely N-dealkylation sites (N-methyl/N-ethyl adjacent to an activating group) is 1. The number of anilines is 1. The first-order valence-electron chi connectivity index (χ1n) is 7.18. The number of aromatic nitrogens is 1. The number of nitrogens with zero attached hydrogens (tertiary/aromatic N) is 3. The lowest BCUT2D eigenvalue weighted by Gasteiger charge is -2.23. The van der Waals surface area contributed by atoms with Crippen molar-refractivity contribution in [2.45, 2.75) is 0 Å². The Morgan fingerprint density at radius 2 is 2.05 bits per heavy atom. The summed E-state index contributed by atoms with van der Waals surface area (Å²) in [4.78, 5) is 8.69. The van der Waals surface area contributed by atoms with Crippen LogP contribution in [0.4, 0.5) is 5.69 Å². The molecule has 20 heavy (non-hydrogen) atoms. The number of aliphatic hydroxyl groups is 1. The molecule has 0 amide bonds. The molecule has 0 aliphatic carbocycles. The van der Waals surface area contributed by atoms with Crippen molar-refractivity contribution < 1.29 is 9.84 Å². The third kappa shape index (κ3) is 3.91. The smallest absolute Gasteiger partial charge is 0.0589 e. The lowest BCUT2D eigenvalue weighted by atomic mass is 9.96. The molecule has 2 atom stereocenters. The summed E-state index contributed by atoms with van der Waals surface area (Å²) in [5, 5.41) is 9.61. The average Bonchev–Trinajstić information content (AvgIpc) is 2.89. The third-order valence-electron chi connectivity index (χ3n) is 4.06. The van der Waals surface area contributed by atoms with Crippen LogP contribution in [-0.4, -0.2) is 68.5 Å². The predicted molar refractivity (Wildman–Crippen MR) is 79.9 cm³/mol. The Morgan fingerprint density at radius 1 is 1.35 bits per heavy atom. The van der Waals surface area contributed by atoms with Crippen molar-refractivity contribution in [2.75, 3.05) is 58.5 Å². The van der Waals surface area contributed by atoms with Gasteiger partial charge >= 0.3 is 0 Å². The lowest BCUT2D eigenvalue weighted by molar-refractivity contribution is 0.136. The van der Waals surface area contributed by atoms with Crippen molar-refractivity contribution in [3.05, 3.63) is 24.5 Å². The van der Waals surface area contributed by atoms with Crippen LogP contribution in [0.5, 0.6) is 0 Å². The van der Waals surface area contributed by atoms with E-state index in [4.69, 9.17) is 4.74 Å². The highest BCUT2D eigenvalue weighted by Gasteiger charge is 2.32. The number of hydrogen-bond donors (Lipinski definition) is 1. The Bertz CT molecular complexity index is 388. The van der Waals surface area contributed by atoms with Crippen LogP contribution in [0.15, 0.2) is 24.5 Å². The van der Waals surface area contributed by atoms with Crippen molar-refractivity contribution in [1.82, 2.24) is 9.88 Å². The molecular weight excluding hydrogens is 254 g/mol. The molecule has 1 aliphatic rings. The Morgan fingerprint density at radius 3 is 2.70 bits per heavy atom. The third-order valence-corrected chi connectivity index (χ3v) is 4.06. The van der Waals surface area contributed by atoms with Gasteiger partial charge in [-0.2, -0.15) is 0 Å². The van der Waals surface area contributed by atoms with Gasteiger partial charge in [0.1, 0.15) is 0 Å². The van der Waals surface area contributed by atoms with Gasteiger partial charge in [0.2, 0.25) is 0 Å². The maximum atomic E-state index is 9.61. The zero-order chi connectivity index (χ0) is 14.4. The minimum absolute atomic E-state index is 0.254. The standard InChI is InChI=1S/C15H25N3O2/c1-17(7-8-20-2)9-13-10-18(11-14(13)12-19)15-3-5-16-6-4-15/h3-6,13-14,19H,7-12H2,1-2H3. The minimum atomic E-state index is 0.254. The Balaban J connectivity index is 1.92. The molecule has 1 aliphatic heterocycles. The molecular formula is C15H25N3O2. The van der Waals surface area contributed by atoms with Crippen LogP contribution in [0, 0.1) is 11.8 Å². The lowest BCUT2D eigenvalue weighted by Crippen LogP contribution is -2.33. The molecule has 0 radical (unpaired) electrons. The van der Waals surface area contributed by atoms with Gasteiger partial charge in [-0.25, -0.2) is 0 Å². The molecule has 2 unspecified atom stereocenters. The van der Waals surface area contributed by atoms with Crippen molar-refractivity contribution in [3.8, 4) is 0 Å². The molecule has 1 aromatic heterocycles. The molecule has 5 heteroatoms. The Kier molecular flexibility index (Phi) is 5.76. The van der Waals surface area contributed by atoms with Crippen LogP contribution < -0.4 is 4.90 Å². The van der Waals surface area contributed by atoms with Crippen LogP contribution in [0.2, 0.25) is 0 Å². The molecule has 2 rings (SSSR count). The summed E-state index contributed by atoms with van der Waals surface area (Å²) >= 11 is 0. The van der Waals surface area contributed by atoms with E-state index < -0.39 is 0 Å². The molecule has 1 fully saturated rings. The van der Waals surface area contributed by atoms with Gasteiger partial charge in [-0.15, -0.1) is 0 Å². The first-order chi connectivity index (χ1) is 9.74. The fraction of sp³-hybridized carbons (Fsp3) is 0.667. The quantitative estimate of drug-likeness (QED) is 0.796. The van der Waals surface area contributed by atoms with E-state index in [1.54, 1.807) is 7.11 Å². The van der Waals surface area contributed by atoms with Gasteiger partial charge in [0.15, 0.2) is 0 Å². The van der Waals surface area contributed by atoms with Gasteiger partial charge in [0, 0.05) is 63.9 Å². The van der Waals surface area contributed by atoms with Crippen LogP contribution in [0.1, 0.15) is 0 Å². The van der Waals surface area contributed by atoms with Crippen molar-refractivity contribution in [3.63, 3.8) is 0 Å². The zero-order valence-corrected chi connectivity index (χ0v) is 12.4. The van der Waals surface area contributed by atoms with Crippen molar-refractivity contribution >= 4 is 5.69 Å². The molecule has 1 saturated heterocycles. The predicted octanol–water partition coefficient (Wildman–Crippen LogP) is 0.704. The molecule has 0 spiro atoms. The molecule has 5 nitrogen and oxygen atoms in total. The Hall–Kier alpha value is -1.17. The summed E-state index contributed by atoms with van der Waals surface area (Å²) in [6.45, 7) is 4.85. The van der Waals surface area contributed by atoms with E-state index in [1.165, 1.54) is 5.69 Å². The van der Waals surface area contributed by atoms with Crippen LogP contribution in [-0.2, 0) is 4.74 Å². The first kappa shape index (κ1) is 15.2. The van der Waals surface area contributed by atoms with E-state index in [0.717, 1.165) is 32.8 Å². The number of rotatable bonds is 7. The number of pyridine rings is 1. The van der Waals surface area contributed by atoms with Gasteiger partial charge in [-0.1, -0.05) is 0 Å². The fourth-order valence-corrected chi connectivity index (χ4v) is 2.86. The molecule has 0 bridgehead atoms. The molecule has 1 N–H and O–H groups in total. The maximum Gasteiger partial charge on any atom is 0.0589 e. The molecule has 1 aromatic rings. The van der Waals surface area contributed by atoms with E-state index in [0.29, 0.717) is 11.8 Å². The highest BCUT2D eigenvalue weighted by atomic mass is 16.5. The monoisotopic (exact) mass is 279 g/mol. The van der Waals surface area contributed by atoms with Gasteiger partial charge in [-0.05, 0) is 25.1 Å². The second kappa shape index (κ2) is 7.57. The summed E-state index contributed by atoms with van der Waals surface area (Å²) in [5.74, 6) is 0.836. The minimum Gasteiger partial charge on any atom is -0.396 e. The second-order valence-electron chi connectivity index (χ2n) is 5.57.